The van der Waals surface area contributed by atoms with Crippen molar-refractivity contribution < 1.29 is 13.2 Å². The molecule has 7 nitrogen and oxygen atoms in total. The van der Waals surface area contributed by atoms with Crippen molar-refractivity contribution in [3.63, 3.8) is 0 Å². The Morgan fingerprint density at radius 2 is 1.96 bits per heavy atom. The monoisotopic (exact) mass is 368 g/mol. The molecule has 0 atom stereocenters. The van der Waals surface area contributed by atoms with Gasteiger partial charge in [-0.25, -0.2) is 18.4 Å². The Kier molecular flexibility index (Phi) is 4.73. The van der Waals surface area contributed by atoms with Crippen LogP contribution in [-0.4, -0.2) is 67.4 Å². The fraction of sp³-hybridized carbons (Fsp3) is 0.533. The summed E-state index contributed by atoms with van der Waals surface area (Å²) in [7, 11) is -3.29. The molecule has 1 amide bonds. The highest BCUT2D eigenvalue weighted by Crippen LogP contribution is 2.30. The van der Waals surface area contributed by atoms with Crippen molar-refractivity contribution in [2.75, 3.05) is 43.1 Å². The van der Waals surface area contributed by atoms with Gasteiger partial charge in [-0.3, -0.25) is 4.79 Å². The Morgan fingerprint density at radius 1 is 1.25 bits per heavy atom. The molecule has 0 bridgehead atoms. The highest BCUT2D eigenvalue weighted by atomic mass is 32.2. The number of amides is 1. The zero-order valence-corrected chi connectivity index (χ0v) is 15.4. The summed E-state index contributed by atoms with van der Waals surface area (Å²) in [5.74, 6) is 0.148. The van der Waals surface area contributed by atoms with E-state index in [0.29, 0.717) is 26.2 Å². The maximum Gasteiger partial charge on any atom is 0.237 e. The Balaban J connectivity index is 1.73. The minimum atomic E-state index is -3.29. The van der Waals surface area contributed by atoms with Crippen LogP contribution in [0.15, 0.2) is 12.4 Å². The van der Waals surface area contributed by atoms with Crippen molar-refractivity contribution in [1.29, 1.82) is 0 Å². The predicted molar refractivity (Wildman–Crippen MR) is 95.3 cm³/mol. The lowest BCUT2D eigenvalue weighted by molar-refractivity contribution is -0.128. The lowest BCUT2D eigenvalue weighted by Crippen LogP contribution is -2.50. The summed E-state index contributed by atoms with van der Waals surface area (Å²) in [6.07, 6.45) is 3.63. The number of aromatic nitrogens is 2. The molecule has 0 aliphatic carbocycles. The van der Waals surface area contributed by atoms with Gasteiger partial charge in [-0.2, -0.15) is 0 Å². The topological polar surface area (TPSA) is 83.5 Å². The number of thiophene rings is 1. The average molecular weight is 368 g/mol. The van der Waals surface area contributed by atoms with E-state index in [-0.39, 0.29) is 5.91 Å². The molecule has 3 rings (SSSR count). The average Bonchev–Trinajstić information content (AvgIpc) is 2.96. The molecule has 1 saturated heterocycles. The summed E-state index contributed by atoms with van der Waals surface area (Å²) in [4.78, 5) is 26.8. The molecule has 1 aliphatic rings. The third kappa shape index (κ3) is 3.67. The lowest BCUT2D eigenvalue weighted by atomic mass is 10.2. The number of carbonyl (C=O) groups is 1. The molecule has 130 valence electrons. The van der Waals surface area contributed by atoms with Crippen LogP contribution >= 0.6 is 11.3 Å². The van der Waals surface area contributed by atoms with Crippen molar-refractivity contribution in [3.05, 3.63) is 17.3 Å². The van der Waals surface area contributed by atoms with E-state index in [2.05, 4.69) is 27.9 Å². The third-order valence-electron chi connectivity index (χ3n) is 4.03. The van der Waals surface area contributed by atoms with E-state index in [9.17, 15) is 13.2 Å². The van der Waals surface area contributed by atoms with E-state index in [1.807, 2.05) is 0 Å². The van der Waals surface area contributed by atoms with Gasteiger partial charge in [-0.15, -0.1) is 11.3 Å². The molecule has 0 unspecified atom stereocenters. The van der Waals surface area contributed by atoms with Gasteiger partial charge in [0.05, 0.1) is 5.39 Å². The zero-order valence-electron chi connectivity index (χ0n) is 13.7. The minimum absolute atomic E-state index is 0.325. The van der Waals surface area contributed by atoms with Crippen molar-refractivity contribution >= 4 is 43.1 Å². The number of carbonyl (C=O) groups excluding carboxylic acids is 1. The second-order valence-corrected chi connectivity index (χ2v) is 9.18. The van der Waals surface area contributed by atoms with Crippen LogP contribution in [0.25, 0.3) is 10.2 Å². The van der Waals surface area contributed by atoms with E-state index in [0.717, 1.165) is 28.7 Å². The zero-order chi connectivity index (χ0) is 17.3. The molecule has 3 heterocycles. The number of hydrogen-bond donors (Lipinski definition) is 0. The Bertz CT molecular complexity index is 855. The maximum atomic E-state index is 12.0. The van der Waals surface area contributed by atoms with Crippen LogP contribution in [0.5, 0.6) is 0 Å². The summed E-state index contributed by atoms with van der Waals surface area (Å²) >= 11 is 1.68. The normalized spacial score (nSPS) is 15.9. The number of nitrogens with zero attached hydrogens (tertiary/aromatic N) is 4. The van der Waals surface area contributed by atoms with Gasteiger partial charge in [0.2, 0.25) is 5.91 Å². The molecule has 1 fully saturated rings. The second kappa shape index (κ2) is 6.64. The van der Waals surface area contributed by atoms with Gasteiger partial charge in [-0.05, 0) is 12.5 Å². The predicted octanol–water partition coefficient (Wildman–Crippen LogP) is 0.947. The first-order valence-electron chi connectivity index (χ1n) is 7.81. The Morgan fingerprint density at radius 3 is 2.58 bits per heavy atom. The highest BCUT2D eigenvalue weighted by molar-refractivity contribution is 7.91. The first-order chi connectivity index (χ1) is 11.4. The van der Waals surface area contributed by atoms with Gasteiger partial charge in [0.1, 0.15) is 22.7 Å². The minimum Gasteiger partial charge on any atom is -0.352 e. The third-order valence-corrected chi connectivity index (χ3v) is 5.98. The van der Waals surface area contributed by atoms with E-state index in [4.69, 9.17) is 0 Å². The first-order valence-corrected chi connectivity index (χ1v) is 10.7. The largest absolute Gasteiger partial charge is 0.352 e. The van der Waals surface area contributed by atoms with Gasteiger partial charge < -0.3 is 9.80 Å². The molecule has 0 radical (unpaired) electrons. The van der Waals surface area contributed by atoms with E-state index in [1.54, 1.807) is 22.6 Å². The van der Waals surface area contributed by atoms with Crippen LogP contribution in [0.2, 0.25) is 0 Å². The SMILES string of the molecule is CCc1cc2c(N3CCN(C(=O)CS(C)(=O)=O)CC3)ncnc2s1. The Labute approximate surface area is 145 Å². The number of anilines is 1. The van der Waals surface area contributed by atoms with Crippen molar-refractivity contribution in [3.8, 4) is 0 Å². The molecule has 9 heteroatoms. The van der Waals surface area contributed by atoms with Crippen LogP contribution in [0.4, 0.5) is 5.82 Å². The van der Waals surface area contributed by atoms with Gasteiger partial charge >= 0.3 is 0 Å². The molecule has 24 heavy (non-hydrogen) atoms. The number of aryl methyl sites for hydroxylation is 1. The fourth-order valence-electron chi connectivity index (χ4n) is 2.80. The molecule has 2 aromatic rings. The highest BCUT2D eigenvalue weighted by Gasteiger charge is 2.25. The van der Waals surface area contributed by atoms with Crippen LogP contribution in [0, 0.1) is 0 Å². The molecule has 2 aromatic heterocycles. The maximum absolute atomic E-state index is 12.0. The molecule has 0 saturated carbocycles. The molecule has 0 spiro atoms. The number of rotatable bonds is 4. The standard InChI is InChI=1S/C15H20N4O3S2/c1-3-11-8-12-14(16-10-17-15(12)23-11)19-6-4-18(5-7-19)13(20)9-24(2,21)22/h8,10H,3-7,9H2,1-2H3. The first kappa shape index (κ1) is 17.1. The summed E-state index contributed by atoms with van der Waals surface area (Å²) in [6, 6.07) is 2.14. The van der Waals surface area contributed by atoms with Crippen LogP contribution in [0.3, 0.4) is 0 Å². The van der Waals surface area contributed by atoms with Crippen molar-refractivity contribution in [2.24, 2.45) is 0 Å². The molecular weight excluding hydrogens is 348 g/mol. The Hall–Kier alpha value is -1.74. The second-order valence-electron chi connectivity index (χ2n) is 5.92. The summed E-state index contributed by atoms with van der Waals surface area (Å²) < 4.78 is 22.5. The van der Waals surface area contributed by atoms with Gasteiger partial charge in [0.15, 0.2) is 9.84 Å². The quantitative estimate of drug-likeness (QED) is 0.799. The lowest BCUT2D eigenvalue weighted by Gasteiger charge is -2.35. The van der Waals surface area contributed by atoms with Crippen LogP contribution < -0.4 is 4.90 Å². The summed E-state index contributed by atoms with van der Waals surface area (Å²) in [6.45, 7) is 4.40. The van der Waals surface area contributed by atoms with E-state index < -0.39 is 15.6 Å². The van der Waals surface area contributed by atoms with Crippen molar-refractivity contribution in [1.82, 2.24) is 14.9 Å². The van der Waals surface area contributed by atoms with Crippen LogP contribution in [-0.2, 0) is 21.1 Å². The molecule has 1 aliphatic heterocycles. The van der Waals surface area contributed by atoms with Crippen LogP contribution in [0.1, 0.15) is 11.8 Å². The van der Waals surface area contributed by atoms with E-state index >= 15 is 0 Å². The smallest absolute Gasteiger partial charge is 0.237 e. The molecule has 0 N–H and O–H groups in total. The number of hydrogen-bond acceptors (Lipinski definition) is 7. The molecule has 0 aromatic carbocycles. The number of sulfone groups is 1. The molecular formula is C15H20N4O3S2. The fourth-order valence-corrected chi connectivity index (χ4v) is 4.36. The van der Waals surface area contributed by atoms with Crippen molar-refractivity contribution in [2.45, 2.75) is 13.3 Å². The van der Waals surface area contributed by atoms with Gasteiger partial charge in [-0.1, -0.05) is 6.92 Å². The number of piperazine rings is 1. The number of fused-ring (bicyclic) bond motifs is 1. The van der Waals surface area contributed by atoms with E-state index in [1.165, 1.54) is 4.88 Å². The summed E-state index contributed by atoms with van der Waals surface area (Å²) in [5.41, 5.74) is 0. The summed E-state index contributed by atoms with van der Waals surface area (Å²) in [5, 5.41) is 1.05. The van der Waals surface area contributed by atoms with Gasteiger partial charge in [0.25, 0.3) is 0 Å². The van der Waals surface area contributed by atoms with Gasteiger partial charge in [0, 0.05) is 37.3 Å².